The van der Waals surface area contributed by atoms with Gasteiger partial charge in [0.1, 0.15) is 10.8 Å². The van der Waals surface area contributed by atoms with Crippen LogP contribution in [0.2, 0.25) is 0 Å². The maximum atomic E-state index is 10.8. The first kappa shape index (κ1) is 14.5. The third-order valence-electron chi connectivity index (χ3n) is 3.06. The summed E-state index contributed by atoms with van der Waals surface area (Å²) < 4.78 is 5.15. The van der Waals surface area contributed by atoms with E-state index in [0.29, 0.717) is 6.42 Å². The molecule has 5 heteroatoms. The Hall–Kier alpha value is -1.88. The molecule has 4 nitrogen and oxygen atoms in total. The molecule has 1 aromatic heterocycles. The molecule has 1 aromatic carbocycles. The van der Waals surface area contributed by atoms with Gasteiger partial charge in [-0.3, -0.25) is 4.79 Å². The zero-order chi connectivity index (χ0) is 14.5. The highest BCUT2D eigenvalue weighted by Crippen LogP contribution is 2.30. The molecule has 0 atom stereocenters. The Balaban J connectivity index is 2.11. The number of hydrogen-bond donors (Lipinski definition) is 1. The second-order valence-electron chi connectivity index (χ2n) is 4.58. The number of thiazole rings is 1. The van der Waals surface area contributed by atoms with Crippen molar-refractivity contribution in [2.75, 3.05) is 7.11 Å². The molecule has 1 heterocycles. The monoisotopic (exact) mass is 290 g/mol. The lowest BCUT2D eigenvalue weighted by Gasteiger charge is -2.00. The first-order valence-electron chi connectivity index (χ1n) is 6.49. The Morgan fingerprint density at radius 1 is 1.35 bits per heavy atom. The molecule has 2 rings (SSSR count). The minimum atomic E-state index is -0.248. The highest BCUT2D eigenvalue weighted by atomic mass is 32.1. The number of aromatic nitrogens is 1. The molecular weight excluding hydrogens is 272 g/mol. The molecule has 0 spiro atoms. The minimum Gasteiger partial charge on any atom is -0.497 e. The van der Waals surface area contributed by atoms with E-state index < -0.39 is 0 Å². The summed E-state index contributed by atoms with van der Waals surface area (Å²) in [5.41, 5.74) is 7.27. The van der Waals surface area contributed by atoms with Gasteiger partial charge in [0, 0.05) is 16.9 Å². The van der Waals surface area contributed by atoms with E-state index in [4.69, 9.17) is 10.5 Å². The average Bonchev–Trinajstić information content (AvgIpc) is 2.80. The smallest absolute Gasteiger partial charge is 0.217 e. The van der Waals surface area contributed by atoms with Crippen molar-refractivity contribution in [2.24, 2.45) is 5.73 Å². The molecule has 106 valence electrons. The van der Waals surface area contributed by atoms with E-state index in [-0.39, 0.29) is 5.91 Å². The zero-order valence-corrected chi connectivity index (χ0v) is 12.5. The molecule has 20 heavy (non-hydrogen) atoms. The van der Waals surface area contributed by atoms with Crippen molar-refractivity contribution in [3.05, 3.63) is 34.8 Å². The van der Waals surface area contributed by atoms with Crippen molar-refractivity contribution in [1.29, 1.82) is 0 Å². The van der Waals surface area contributed by atoms with Crippen molar-refractivity contribution in [2.45, 2.75) is 26.2 Å². The van der Waals surface area contributed by atoms with E-state index in [1.54, 1.807) is 18.4 Å². The van der Waals surface area contributed by atoms with Crippen LogP contribution in [-0.4, -0.2) is 18.0 Å². The van der Waals surface area contributed by atoms with E-state index in [1.807, 2.05) is 31.2 Å². The van der Waals surface area contributed by atoms with Crippen LogP contribution in [0.15, 0.2) is 24.3 Å². The minimum absolute atomic E-state index is 0.248. The van der Waals surface area contributed by atoms with E-state index in [2.05, 4.69) is 4.98 Å². The number of carbonyl (C=O) groups excluding carboxylic acids is 1. The molecule has 0 aliphatic heterocycles. The van der Waals surface area contributed by atoms with Crippen molar-refractivity contribution in [3.63, 3.8) is 0 Å². The summed E-state index contributed by atoms with van der Waals surface area (Å²) in [5, 5.41) is 0.999. The Morgan fingerprint density at radius 3 is 2.65 bits per heavy atom. The summed E-state index contributed by atoms with van der Waals surface area (Å²) >= 11 is 1.67. The van der Waals surface area contributed by atoms with Crippen molar-refractivity contribution < 1.29 is 9.53 Å². The van der Waals surface area contributed by atoms with Crippen LogP contribution < -0.4 is 10.5 Å². The van der Waals surface area contributed by atoms with Crippen LogP contribution in [0, 0.1) is 6.92 Å². The number of nitrogens with zero attached hydrogens (tertiary/aromatic N) is 1. The predicted octanol–water partition coefficient (Wildman–Crippen LogP) is 2.94. The SMILES string of the molecule is COc1ccc(-c2nc(C)c(CCCC(N)=O)s2)cc1. The van der Waals surface area contributed by atoms with Gasteiger partial charge >= 0.3 is 0 Å². The number of amides is 1. The van der Waals surface area contributed by atoms with Crippen molar-refractivity contribution in [3.8, 4) is 16.3 Å². The third kappa shape index (κ3) is 3.57. The van der Waals surface area contributed by atoms with Crippen LogP contribution in [-0.2, 0) is 11.2 Å². The topological polar surface area (TPSA) is 65.2 Å². The molecule has 0 saturated heterocycles. The van der Waals surface area contributed by atoms with E-state index in [1.165, 1.54) is 4.88 Å². The largest absolute Gasteiger partial charge is 0.497 e. The fraction of sp³-hybridized carbons (Fsp3) is 0.333. The van der Waals surface area contributed by atoms with Crippen LogP contribution >= 0.6 is 11.3 Å². The van der Waals surface area contributed by atoms with Crippen molar-refractivity contribution >= 4 is 17.2 Å². The summed E-state index contributed by atoms with van der Waals surface area (Å²) in [7, 11) is 1.65. The predicted molar refractivity (Wildman–Crippen MR) is 81.0 cm³/mol. The van der Waals surface area contributed by atoms with Gasteiger partial charge in [0.2, 0.25) is 5.91 Å². The zero-order valence-electron chi connectivity index (χ0n) is 11.7. The van der Waals surface area contributed by atoms with Gasteiger partial charge in [-0.1, -0.05) is 0 Å². The van der Waals surface area contributed by atoms with Gasteiger partial charge in [-0.05, 0) is 44.0 Å². The van der Waals surface area contributed by atoms with Crippen LogP contribution in [0.3, 0.4) is 0 Å². The number of nitrogens with two attached hydrogens (primary N) is 1. The van der Waals surface area contributed by atoms with E-state index >= 15 is 0 Å². The van der Waals surface area contributed by atoms with Gasteiger partial charge in [-0.2, -0.15) is 0 Å². The number of ether oxygens (including phenoxy) is 1. The maximum Gasteiger partial charge on any atom is 0.217 e. The summed E-state index contributed by atoms with van der Waals surface area (Å²) in [6.07, 6.45) is 2.05. The molecule has 0 aliphatic carbocycles. The normalized spacial score (nSPS) is 10.5. The van der Waals surface area contributed by atoms with Gasteiger partial charge in [0.05, 0.1) is 12.8 Å². The number of benzene rings is 1. The fourth-order valence-corrected chi connectivity index (χ4v) is 3.05. The molecule has 2 N–H and O–H groups in total. The molecule has 0 bridgehead atoms. The lowest BCUT2D eigenvalue weighted by atomic mass is 10.2. The molecule has 0 unspecified atom stereocenters. The van der Waals surface area contributed by atoms with Gasteiger partial charge in [-0.25, -0.2) is 4.98 Å². The first-order valence-corrected chi connectivity index (χ1v) is 7.31. The van der Waals surface area contributed by atoms with Crippen LogP contribution in [0.1, 0.15) is 23.4 Å². The van der Waals surface area contributed by atoms with E-state index in [9.17, 15) is 4.79 Å². The Morgan fingerprint density at radius 2 is 2.05 bits per heavy atom. The van der Waals surface area contributed by atoms with Gasteiger partial charge in [-0.15, -0.1) is 11.3 Å². The van der Waals surface area contributed by atoms with Gasteiger partial charge < -0.3 is 10.5 Å². The molecule has 0 aliphatic rings. The summed E-state index contributed by atoms with van der Waals surface area (Å²) in [5.74, 6) is 0.589. The number of rotatable bonds is 6. The Bertz CT molecular complexity index is 590. The second-order valence-corrected chi connectivity index (χ2v) is 5.66. The maximum absolute atomic E-state index is 10.8. The van der Waals surface area contributed by atoms with Crippen LogP contribution in [0.4, 0.5) is 0 Å². The summed E-state index contributed by atoms with van der Waals surface area (Å²) in [6.45, 7) is 2.00. The third-order valence-corrected chi connectivity index (χ3v) is 4.32. The van der Waals surface area contributed by atoms with Crippen molar-refractivity contribution in [1.82, 2.24) is 4.98 Å². The van der Waals surface area contributed by atoms with Crippen LogP contribution in [0.5, 0.6) is 5.75 Å². The number of carbonyl (C=O) groups is 1. The number of primary amides is 1. The number of hydrogen-bond acceptors (Lipinski definition) is 4. The molecule has 0 radical (unpaired) electrons. The number of methoxy groups -OCH3 is 1. The summed E-state index contributed by atoms with van der Waals surface area (Å²) in [4.78, 5) is 16.6. The quantitative estimate of drug-likeness (QED) is 0.889. The highest BCUT2D eigenvalue weighted by Gasteiger charge is 2.09. The molecule has 0 fully saturated rings. The standard InChI is InChI=1S/C15H18N2O2S/c1-10-13(4-3-5-14(16)18)20-15(17-10)11-6-8-12(19-2)9-7-11/h6-9H,3-5H2,1-2H3,(H2,16,18). The Labute approximate surface area is 122 Å². The molecule has 1 amide bonds. The first-order chi connectivity index (χ1) is 9.60. The Kier molecular flexibility index (Phi) is 4.74. The van der Waals surface area contributed by atoms with Gasteiger partial charge in [0.25, 0.3) is 0 Å². The number of aryl methyl sites for hydroxylation is 2. The molecular formula is C15H18N2O2S. The molecule has 2 aromatic rings. The van der Waals surface area contributed by atoms with E-state index in [0.717, 1.165) is 34.9 Å². The summed E-state index contributed by atoms with van der Waals surface area (Å²) in [6, 6.07) is 7.87. The fourth-order valence-electron chi connectivity index (χ4n) is 1.94. The average molecular weight is 290 g/mol. The van der Waals surface area contributed by atoms with Crippen LogP contribution in [0.25, 0.3) is 10.6 Å². The highest BCUT2D eigenvalue weighted by molar-refractivity contribution is 7.15. The second kappa shape index (κ2) is 6.52. The lowest BCUT2D eigenvalue weighted by Crippen LogP contribution is -2.10. The van der Waals surface area contributed by atoms with Gasteiger partial charge in [0.15, 0.2) is 0 Å². The lowest BCUT2D eigenvalue weighted by molar-refractivity contribution is -0.118. The molecule has 0 saturated carbocycles.